The molecule has 0 spiro atoms. The van der Waals surface area contributed by atoms with Crippen molar-refractivity contribution in [2.45, 2.75) is 270 Å². The van der Waals surface area contributed by atoms with E-state index in [0.717, 1.165) is 51.4 Å². The van der Waals surface area contributed by atoms with Gasteiger partial charge in [0.2, 0.25) is 5.91 Å². The summed E-state index contributed by atoms with van der Waals surface area (Å²) in [7, 11) is 0. The molecule has 0 aromatic carbocycles. The Morgan fingerprint density at radius 2 is 0.724 bits per heavy atom. The molecule has 0 bridgehead atoms. The van der Waals surface area contributed by atoms with Gasteiger partial charge in [-0.1, -0.05) is 235 Å². The Morgan fingerprint density at radius 3 is 1.12 bits per heavy atom. The van der Waals surface area contributed by atoms with E-state index >= 15 is 0 Å². The fourth-order valence-corrected chi connectivity index (χ4v) is 7.54. The number of nitrogens with one attached hydrogen (secondary N) is 1. The highest BCUT2D eigenvalue weighted by molar-refractivity contribution is 5.76. The average molecular weight is 810 g/mol. The number of rotatable bonds is 46. The van der Waals surface area contributed by atoms with Crippen LogP contribution >= 0.6 is 0 Å². The van der Waals surface area contributed by atoms with Gasteiger partial charge in [0, 0.05) is 6.42 Å². The van der Waals surface area contributed by atoms with Gasteiger partial charge in [-0.2, -0.15) is 0 Å². The minimum absolute atomic E-state index is 0.0861. The summed E-state index contributed by atoms with van der Waals surface area (Å²) in [5.41, 5.74) is 0. The number of hydrogen-bond donors (Lipinski definition) is 3. The molecule has 0 aliphatic heterocycles. The topological polar surface area (TPSA) is 69.6 Å². The third-order valence-electron chi connectivity index (χ3n) is 11.5. The first-order valence-electron chi connectivity index (χ1n) is 25.5. The molecule has 0 fully saturated rings. The van der Waals surface area contributed by atoms with Gasteiger partial charge in [0.25, 0.3) is 0 Å². The summed E-state index contributed by atoms with van der Waals surface area (Å²) in [4.78, 5) is 12.4. The molecule has 58 heavy (non-hydrogen) atoms. The highest BCUT2D eigenvalue weighted by Crippen LogP contribution is 2.15. The van der Waals surface area contributed by atoms with Crippen LogP contribution in [0.25, 0.3) is 0 Å². The number of allylic oxidation sites excluding steroid dienone is 9. The number of aliphatic hydroxyl groups is 2. The van der Waals surface area contributed by atoms with Crippen LogP contribution in [0.4, 0.5) is 0 Å². The lowest BCUT2D eigenvalue weighted by atomic mass is 10.0. The van der Waals surface area contributed by atoms with Gasteiger partial charge in [0.1, 0.15) is 0 Å². The van der Waals surface area contributed by atoms with Gasteiger partial charge in [-0.25, -0.2) is 0 Å². The Hall–Kier alpha value is -1.91. The van der Waals surface area contributed by atoms with Crippen molar-refractivity contribution in [1.82, 2.24) is 5.32 Å². The third-order valence-corrected chi connectivity index (χ3v) is 11.5. The maximum absolute atomic E-state index is 12.4. The lowest BCUT2D eigenvalue weighted by Gasteiger charge is -2.19. The molecule has 4 heteroatoms. The van der Waals surface area contributed by atoms with Gasteiger partial charge in [-0.05, 0) is 77.0 Å². The van der Waals surface area contributed by atoms with E-state index in [1.807, 2.05) is 6.08 Å². The number of carbonyl (C=O) groups excluding carboxylic acids is 1. The number of amides is 1. The lowest BCUT2D eigenvalue weighted by Crippen LogP contribution is -2.45. The van der Waals surface area contributed by atoms with Crippen LogP contribution in [0.3, 0.4) is 0 Å². The van der Waals surface area contributed by atoms with Crippen molar-refractivity contribution >= 4 is 5.91 Å². The summed E-state index contributed by atoms with van der Waals surface area (Å²) in [5, 5.41) is 23.1. The van der Waals surface area contributed by atoms with E-state index in [1.165, 1.54) is 186 Å². The van der Waals surface area contributed by atoms with Crippen LogP contribution in [-0.4, -0.2) is 34.9 Å². The van der Waals surface area contributed by atoms with Crippen molar-refractivity contribution in [2.75, 3.05) is 6.61 Å². The van der Waals surface area contributed by atoms with Gasteiger partial charge in [-0.3, -0.25) is 4.79 Å². The maximum atomic E-state index is 12.4. The quantitative estimate of drug-likeness (QED) is 0.0424. The molecule has 3 N–H and O–H groups in total. The normalized spacial score (nSPS) is 13.4. The number of hydrogen-bond acceptors (Lipinski definition) is 3. The van der Waals surface area contributed by atoms with Crippen LogP contribution in [0.5, 0.6) is 0 Å². The molecule has 4 nitrogen and oxygen atoms in total. The summed E-state index contributed by atoms with van der Waals surface area (Å²) in [6, 6.07) is -0.652. The maximum Gasteiger partial charge on any atom is 0.220 e. The Balaban J connectivity index is 3.60. The van der Waals surface area contributed by atoms with Crippen molar-refractivity contribution in [2.24, 2.45) is 0 Å². The lowest BCUT2D eigenvalue weighted by molar-refractivity contribution is -0.123. The second-order valence-corrected chi connectivity index (χ2v) is 17.2. The molecule has 338 valence electrons. The molecule has 0 aliphatic rings. The van der Waals surface area contributed by atoms with E-state index in [4.69, 9.17) is 0 Å². The van der Waals surface area contributed by atoms with Gasteiger partial charge in [-0.15, -0.1) is 0 Å². The van der Waals surface area contributed by atoms with Crippen LogP contribution in [0, 0.1) is 0 Å². The monoisotopic (exact) mass is 810 g/mol. The molecule has 0 aromatic rings. The molecular formula is C54H99NO3. The first-order valence-corrected chi connectivity index (χ1v) is 25.5. The number of aliphatic hydroxyl groups excluding tert-OH is 2. The van der Waals surface area contributed by atoms with E-state index < -0.39 is 12.1 Å². The molecule has 0 saturated heterocycles. The third kappa shape index (κ3) is 45.2. The van der Waals surface area contributed by atoms with Gasteiger partial charge in [0.15, 0.2) is 0 Å². The SMILES string of the molecule is CCCCCC/C=C\C/C=C\CCCCCCCCCC(=O)NC(CO)C(O)/C=C/CC/C=C/CC/C=C/CCCCCCCCCCCCCCCCCCCC. The zero-order valence-corrected chi connectivity index (χ0v) is 38.8. The zero-order valence-electron chi connectivity index (χ0n) is 38.8. The Morgan fingerprint density at radius 1 is 0.414 bits per heavy atom. The summed E-state index contributed by atoms with van der Waals surface area (Å²) >= 11 is 0. The van der Waals surface area contributed by atoms with Crippen molar-refractivity contribution in [3.63, 3.8) is 0 Å². The van der Waals surface area contributed by atoms with Crippen LogP contribution in [0.2, 0.25) is 0 Å². The molecule has 0 heterocycles. The molecule has 0 aliphatic carbocycles. The van der Waals surface area contributed by atoms with E-state index in [1.54, 1.807) is 6.08 Å². The predicted octanol–water partition coefficient (Wildman–Crippen LogP) is 16.5. The van der Waals surface area contributed by atoms with Gasteiger partial charge < -0.3 is 15.5 Å². The second-order valence-electron chi connectivity index (χ2n) is 17.2. The molecular weight excluding hydrogens is 711 g/mol. The molecule has 1 amide bonds. The van der Waals surface area contributed by atoms with E-state index in [0.29, 0.717) is 6.42 Å². The fourth-order valence-electron chi connectivity index (χ4n) is 7.54. The minimum atomic E-state index is -0.876. The highest BCUT2D eigenvalue weighted by atomic mass is 16.3. The van der Waals surface area contributed by atoms with Crippen LogP contribution in [0.15, 0.2) is 60.8 Å². The standard InChI is InChI=1S/C54H99NO3/c1-3-5-7-9-11-13-15-17-19-21-23-24-25-26-27-28-29-30-31-32-33-35-37-39-41-43-45-47-49-53(57)52(51-56)55-54(58)50-48-46-44-42-40-38-36-34-22-20-18-16-14-12-10-8-6-4-2/h14,16,20,22,32-33,39,41,47,49,52-53,56-57H,3-13,15,17-19,21,23-31,34-38,40,42-46,48,50-51H2,1-2H3,(H,55,58)/b16-14-,22-20-,33-32+,41-39+,49-47+. The van der Waals surface area contributed by atoms with E-state index in [-0.39, 0.29) is 12.5 Å². The molecule has 0 saturated carbocycles. The minimum Gasteiger partial charge on any atom is -0.394 e. The summed E-state index contributed by atoms with van der Waals surface area (Å²) in [6.45, 7) is 4.29. The zero-order chi connectivity index (χ0) is 42.1. The fraction of sp³-hybridized carbons (Fsp3) is 0.796. The van der Waals surface area contributed by atoms with Crippen molar-refractivity contribution in [1.29, 1.82) is 0 Å². The number of carbonyl (C=O) groups is 1. The van der Waals surface area contributed by atoms with Gasteiger partial charge >= 0.3 is 0 Å². The van der Waals surface area contributed by atoms with Crippen molar-refractivity contribution in [3.8, 4) is 0 Å². The van der Waals surface area contributed by atoms with E-state index in [9.17, 15) is 15.0 Å². The Kier molecular flexibility index (Phi) is 47.8. The largest absolute Gasteiger partial charge is 0.394 e. The molecule has 0 aromatic heterocycles. The smallest absolute Gasteiger partial charge is 0.220 e. The molecule has 2 atom stereocenters. The summed E-state index contributed by atoms with van der Waals surface area (Å²) in [6.07, 6.45) is 69.3. The average Bonchev–Trinajstić information content (AvgIpc) is 3.23. The first-order chi connectivity index (χ1) is 28.7. The number of unbranched alkanes of at least 4 members (excludes halogenated alkanes) is 31. The second kappa shape index (κ2) is 49.5. The van der Waals surface area contributed by atoms with Crippen LogP contribution < -0.4 is 5.32 Å². The van der Waals surface area contributed by atoms with Gasteiger partial charge in [0.05, 0.1) is 18.8 Å². The molecule has 0 radical (unpaired) electrons. The van der Waals surface area contributed by atoms with Crippen molar-refractivity contribution < 1.29 is 15.0 Å². The first kappa shape index (κ1) is 56.1. The Bertz CT molecular complexity index is 965. The van der Waals surface area contributed by atoms with Crippen LogP contribution in [0.1, 0.15) is 258 Å². The molecule has 2 unspecified atom stereocenters. The van der Waals surface area contributed by atoms with Crippen molar-refractivity contribution in [3.05, 3.63) is 60.8 Å². The van der Waals surface area contributed by atoms with Crippen LogP contribution in [-0.2, 0) is 4.79 Å². The van der Waals surface area contributed by atoms with E-state index in [2.05, 4.69) is 67.8 Å². The Labute approximate surface area is 362 Å². The highest BCUT2D eigenvalue weighted by Gasteiger charge is 2.17. The summed E-state index contributed by atoms with van der Waals surface area (Å²) in [5.74, 6) is -0.0861. The molecule has 0 rings (SSSR count). The predicted molar refractivity (Wildman–Crippen MR) is 258 cm³/mol. The summed E-state index contributed by atoms with van der Waals surface area (Å²) < 4.78 is 0.